The lowest BCUT2D eigenvalue weighted by molar-refractivity contribution is 0.640. The minimum atomic E-state index is -0.434. The van der Waals surface area contributed by atoms with Gasteiger partial charge >= 0.3 is 0 Å². The van der Waals surface area contributed by atoms with Gasteiger partial charge in [0.2, 0.25) is 0 Å². The Labute approximate surface area is 287 Å². The van der Waals surface area contributed by atoms with Crippen LogP contribution in [0.2, 0.25) is 0 Å². The van der Waals surface area contributed by atoms with E-state index in [0.717, 1.165) is 17.9 Å². The molecule has 0 radical (unpaired) electrons. The van der Waals surface area contributed by atoms with E-state index >= 15 is 0 Å². The van der Waals surface area contributed by atoms with Crippen molar-refractivity contribution in [2.75, 3.05) is 17.7 Å². The van der Waals surface area contributed by atoms with Gasteiger partial charge in [0, 0.05) is 35.4 Å². The van der Waals surface area contributed by atoms with Gasteiger partial charge in [-0.1, -0.05) is 146 Å². The molecule has 1 aromatic heterocycles. The minimum Gasteiger partial charge on any atom is -0.386 e. The molecule has 1 heterocycles. The number of rotatable bonds is 8. The number of hydrogen-bond acceptors (Lipinski definition) is 2. The van der Waals surface area contributed by atoms with Gasteiger partial charge in [0.05, 0.1) is 22.8 Å². The molecule has 2 N–H and O–H groups in total. The predicted molar refractivity (Wildman–Crippen MR) is 206 cm³/mol. The van der Waals surface area contributed by atoms with Gasteiger partial charge < -0.3 is 15.2 Å². The number of anilines is 2. The number of para-hydroxylation sites is 3. The monoisotopic (exact) mass is 631 g/mol. The zero-order valence-corrected chi connectivity index (χ0v) is 27.5. The molecule has 0 fully saturated rings. The summed E-state index contributed by atoms with van der Waals surface area (Å²) in [6, 6.07) is 64.3. The molecule has 0 saturated carbocycles. The maximum Gasteiger partial charge on any atom is 0.0713 e. The topological polar surface area (TPSA) is 29.0 Å². The van der Waals surface area contributed by atoms with Gasteiger partial charge in [-0.2, -0.15) is 0 Å². The maximum atomic E-state index is 3.92. The van der Waals surface area contributed by atoms with E-state index in [1.807, 2.05) is 7.05 Å². The van der Waals surface area contributed by atoms with Gasteiger partial charge in [-0.05, 0) is 69.3 Å². The molecule has 9 rings (SSSR count). The average Bonchev–Trinajstić information content (AvgIpc) is 3.64. The fraction of sp³-hybridized carbons (Fsp3) is 0.0870. The van der Waals surface area contributed by atoms with Crippen LogP contribution in [0, 0.1) is 0 Å². The third kappa shape index (κ3) is 4.57. The molecule has 1 aliphatic carbocycles. The zero-order valence-electron chi connectivity index (χ0n) is 27.5. The van der Waals surface area contributed by atoms with Crippen LogP contribution in [0.25, 0.3) is 32.9 Å². The van der Waals surface area contributed by atoms with E-state index in [0.29, 0.717) is 0 Å². The SMILES string of the molecule is CNc1ccccc1N[C@@H](Cn1c2ccccc2c2cc3c(cc21)-c1ccccc1C3(c1ccccc1)c1ccccc1)c1ccccc1. The van der Waals surface area contributed by atoms with Crippen LogP contribution in [0.5, 0.6) is 0 Å². The maximum absolute atomic E-state index is 3.92. The van der Waals surface area contributed by atoms with E-state index in [-0.39, 0.29) is 6.04 Å². The van der Waals surface area contributed by atoms with E-state index in [2.05, 4.69) is 191 Å². The lowest BCUT2D eigenvalue weighted by Gasteiger charge is -2.34. The van der Waals surface area contributed by atoms with Gasteiger partial charge in [0.15, 0.2) is 0 Å². The third-order valence-corrected chi connectivity index (χ3v) is 10.4. The Morgan fingerprint density at radius 1 is 0.510 bits per heavy atom. The summed E-state index contributed by atoms with van der Waals surface area (Å²) in [5, 5.41) is 9.85. The number of nitrogens with one attached hydrogen (secondary N) is 2. The highest BCUT2D eigenvalue weighted by Crippen LogP contribution is 2.57. The molecule has 3 heteroatoms. The van der Waals surface area contributed by atoms with E-state index in [4.69, 9.17) is 0 Å². The van der Waals surface area contributed by atoms with Crippen LogP contribution in [-0.4, -0.2) is 11.6 Å². The molecular formula is C46H37N3. The third-order valence-electron chi connectivity index (χ3n) is 10.4. The molecule has 3 nitrogen and oxygen atoms in total. The van der Waals surface area contributed by atoms with Crippen molar-refractivity contribution >= 4 is 33.2 Å². The molecule has 8 aromatic rings. The van der Waals surface area contributed by atoms with Crippen molar-refractivity contribution in [3.8, 4) is 11.1 Å². The summed E-state index contributed by atoms with van der Waals surface area (Å²) < 4.78 is 2.53. The lowest BCUT2D eigenvalue weighted by Crippen LogP contribution is -2.28. The molecule has 0 aliphatic heterocycles. The van der Waals surface area contributed by atoms with Crippen molar-refractivity contribution < 1.29 is 0 Å². The first-order valence-corrected chi connectivity index (χ1v) is 17.1. The second-order valence-electron chi connectivity index (χ2n) is 13.0. The number of nitrogens with zero attached hydrogens (tertiary/aromatic N) is 1. The second kappa shape index (κ2) is 11.9. The van der Waals surface area contributed by atoms with Crippen LogP contribution < -0.4 is 10.6 Å². The first-order chi connectivity index (χ1) is 24.3. The molecule has 236 valence electrons. The van der Waals surface area contributed by atoms with Crippen molar-refractivity contribution in [2.45, 2.75) is 18.0 Å². The Balaban J connectivity index is 1.30. The Kier molecular flexibility index (Phi) is 7.05. The van der Waals surface area contributed by atoms with Crippen LogP contribution >= 0.6 is 0 Å². The van der Waals surface area contributed by atoms with Gasteiger partial charge in [-0.15, -0.1) is 0 Å². The quantitative estimate of drug-likeness (QED) is 0.175. The summed E-state index contributed by atoms with van der Waals surface area (Å²) in [5.41, 5.74) is 13.3. The summed E-state index contributed by atoms with van der Waals surface area (Å²) in [6.45, 7) is 0.759. The normalized spacial score (nSPS) is 13.6. The predicted octanol–water partition coefficient (Wildman–Crippen LogP) is 11.1. The van der Waals surface area contributed by atoms with Gasteiger partial charge in [0.25, 0.3) is 0 Å². The van der Waals surface area contributed by atoms with Crippen molar-refractivity contribution in [3.63, 3.8) is 0 Å². The Bertz CT molecular complexity index is 2390. The highest BCUT2D eigenvalue weighted by molar-refractivity contribution is 6.10. The number of benzene rings is 7. The van der Waals surface area contributed by atoms with E-state index < -0.39 is 5.41 Å². The molecule has 1 aliphatic rings. The highest BCUT2D eigenvalue weighted by Gasteiger charge is 2.46. The van der Waals surface area contributed by atoms with E-state index in [1.165, 1.54) is 60.8 Å². The Hall–Kier alpha value is -6.06. The molecule has 1 atom stereocenters. The van der Waals surface area contributed by atoms with Crippen LogP contribution in [0.1, 0.15) is 33.9 Å². The first-order valence-electron chi connectivity index (χ1n) is 17.1. The van der Waals surface area contributed by atoms with Crippen molar-refractivity contribution in [1.82, 2.24) is 4.57 Å². The van der Waals surface area contributed by atoms with E-state index in [9.17, 15) is 0 Å². The molecule has 0 bridgehead atoms. The minimum absolute atomic E-state index is 0.0305. The standard InChI is InChI=1S/C46H37N3/c1-47-41-26-14-15-27-42(41)48-43(32-17-5-2-6-18-32)31-49-44-28-16-12-24-36(44)38-29-40-37(30-45(38)49)35-23-11-13-25-39(35)46(40,33-19-7-3-8-20-33)34-21-9-4-10-22-34/h2-30,43,47-48H,31H2,1H3/t43-/m0/s1. The lowest BCUT2D eigenvalue weighted by atomic mass is 9.67. The number of fused-ring (bicyclic) bond motifs is 6. The molecular weight excluding hydrogens is 595 g/mol. The first kappa shape index (κ1) is 29.1. The summed E-state index contributed by atoms with van der Waals surface area (Å²) in [4.78, 5) is 0. The molecule has 0 amide bonds. The summed E-state index contributed by atoms with van der Waals surface area (Å²) >= 11 is 0. The fourth-order valence-corrected chi connectivity index (χ4v) is 8.30. The fourth-order valence-electron chi connectivity index (χ4n) is 8.30. The number of hydrogen-bond donors (Lipinski definition) is 2. The Morgan fingerprint density at radius 2 is 1.10 bits per heavy atom. The molecule has 0 unspecified atom stereocenters. The van der Waals surface area contributed by atoms with Crippen molar-refractivity contribution in [2.24, 2.45) is 0 Å². The average molecular weight is 632 g/mol. The zero-order chi connectivity index (χ0) is 32.8. The van der Waals surface area contributed by atoms with Crippen LogP contribution in [0.4, 0.5) is 11.4 Å². The smallest absolute Gasteiger partial charge is 0.0713 e. The van der Waals surface area contributed by atoms with Gasteiger partial charge in [0.1, 0.15) is 0 Å². The van der Waals surface area contributed by atoms with Crippen LogP contribution in [0.15, 0.2) is 176 Å². The highest BCUT2D eigenvalue weighted by atomic mass is 15.1. The van der Waals surface area contributed by atoms with Crippen molar-refractivity contribution in [1.29, 1.82) is 0 Å². The summed E-state index contributed by atoms with van der Waals surface area (Å²) in [7, 11) is 1.98. The molecule has 49 heavy (non-hydrogen) atoms. The summed E-state index contributed by atoms with van der Waals surface area (Å²) in [6.07, 6.45) is 0. The van der Waals surface area contributed by atoms with Crippen molar-refractivity contribution in [3.05, 3.63) is 204 Å². The Morgan fingerprint density at radius 3 is 1.82 bits per heavy atom. The molecule has 0 spiro atoms. The van der Waals surface area contributed by atoms with Gasteiger partial charge in [-0.25, -0.2) is 0 Å². The van der Waals surface area contributed by atoms with Crippen LogP contribution in [0.3, 0.4) is 0 Å². The molecule has 0 saturated heterocycles. The van der Waals surface area contributed by atoms with Gasteiger partial charge in [-0.3, -0.25) is 0 Å². The van der Waals surface area contributed by atoms with E-state index in [1.54, 1.807) is 0 Å². The second-order valence-corrected chi connectivity index (χ2v) is 13.0. The van der Waals surface area contributed by atoms with Crippen LogP contribution in [-0.2, 0) is 12.0 Å². The number of aromatic nitrogens is 1. The summed E-state index contributed by atoms with van der Waals surface area (Å²) in [5.74, 6) is 0. The molecule has 7 aromatic carbocycles. The largest absolute Gasteiger partial charge is 0.386 e.